The predicted molar refractivity (Wildman–Crippen MR) is 178 cm³/mol. The van der Waals surface area contributed by atoms with Gasteiger partial charge in [0.25, 0.3) is 0 Å². The second-order valence-electron chi connectivity index (χ2n) is 10.5. The lowest BCUT2D eigenvalue weighted by Gasteiger charge is -2.18. The summed E-state index contributed by atoms with van der Waals surface area (Å²) in [5, 5.41) is 14.2. The number of benzene rings is 7. The van der Waals surface area contributed by atoms with Crippen LogP contribution in [0.4, 0.5) is 0 Å². The predicted octanol–water partition coefficient (Wildman–Crippen LogP) is 12.1. The van der Waals surface area contributed by atoms with Crippen LogP contribution in [0.1, 0.15) is 0 Å². The van der Waals surface area contributed by atoms with Crippen LogP contribution in [0.15, 0.2) is 133 Å². The normalized spacial score (nSPS) is 12.0. The first-order valence-electron chi connectivity index (χ1n) is 13.6. The molecule has 0 spiro atoms. The molecule has 0 bridgehead atoms. The number of fused-ring (bicyclic) bond motifs is 7. The van der Waals surface area contributed by atoms with Crippen LogP contribution in [0.25, 0.3) is 84.8 Å². The highest BCUT2D eigenvalue weighted by atomic mass is 32.1. The van der Waals surface area contributed by atoms with Crippen molar-refractivity contribution in [2.45, 2.75) is 0 Å². The van der Waals surface area contributed by atoms with Gasteiger partial charge in [0.2, 0.25) is 0 Å². The Morgan fingerprint density at radius 1 is 0.350 bits per heavy atom. The van der Waals surface area contributed by atoms with Crippen molar-refractivity contribution in [3.05, 3.63) is 133 Å². The SMILES string of the molecule is c1ccc2c(-c3c4ccccc4c(-c4csc5cc6sc7ccccc7c6cc45)c4ccccc34)cccc2c1. The van der Waals surface area contributed by atoms with Crippen molar-refractivity contribution in [1.82, 2.24) is 0 Å². The molecule has 0 aliphatic rings. The fraction of sp³-hybridized carbons (Fsp3) is 0. The van der Waals surface area contributed by atoms with Crippen molar-refractivity contribution in [3.8, 4) is 22.3 Å². The van der Waals surface area contributed by atoms with Crippen LogP contribution in [0.3, 0.4) is 0 Å². The summed E-state index contributed by atoms with van der Waals surface area (Å²) < 4.78 is 4.07. The molecule has 0 radical (unpaired) electrons. The van der Waals surface area contributed by atoms with E-state index >= 15 is 0 Å². The van der Waals surface area contributed by atoms with Crippen LogP contribution >= 0.6 is 22.7 Å². The average molecular weight is 543 g/mol. The summed E-state index contributed by atoms with van der Waals surface area (Å²) in [5.41, 5.74) is 5.27. The molecule has 0 N–H and O–H groups in total. The molecule has 9 rings (SSSR count). The minimum atomic E-state index is 1.27. The lowest BCUT2D eigenvalue weighted by atomic mass is 9.84. The highest BCUT2D eigenvalue weighted by Crippen LogP contribution is 2.48. The zero-order chi connectivity index (χ0) is 26.2. The molecule has 0 fully saturated rings. The smallest absolute Gasteiger partial charge is 0.0369 e. The molecule has 0 atom stereocenters. The molecule has 0 unspecified atom stereocenters. The van der Waals surface area contributed by atoms with E-state index in [0.29, 0.717) is 0 Å². The zero-order valence-corrected chi connectivity index (χ0v) is 23.2. The second kappa shape index (κ2) is 8.50. The van der Waals surface area contributed by atoms with E-state index in [2.05, 4.69) is 133 Å². The van der Waals surface area contributed by atoms with Gasteiger partial charge >= 0.3 is 0 Å². The number of thiophene rings is 2. The minimum absolute atomic E-state index is 1.27. The highest BCUT2D eigenvalue weighted by molar-refractivity contribution is 7.26. The van der Waals surface area contributed by atoms with Gasteiger partial charge in [-0.3, -0.25) is 0 Å². The van der Waals surface area contributed by atoms with Crippen LogP contribution in [-0.2, 0) is 0 Å². The lowest BCUT2D eigenvalue weighted by molar-refractivity contribution is 1.70. The Kier molecular flexibility index (Phi) is 4.74. The van der Waals surface area contributed by atoms with Gasteiger partial charge in [0, 0.05) is 35.8 Å². The molecule has 40 heavy (non-hydrogen) atoms. The summed E-state index contributed by atoms with van der Waals surface area (Å²) in [4.78, 5) is 0. The van der Waals surface area contributed by atoms with Gasteiger partial charge in [0.15, 0.2) is 0 Å². The summed E-state index contributed by atoms with van der Waals surface area (Å²) >= 11 is 3.75. The number of rotatable bonds is 2. The van der Waals surface area contributed by atoms with Gasteiger partial charge in [-0.05, 0) is 72.6 Å². The third kappa shape index (κ3) is 3.12. The molecular formula is C38H22S2. The first-order valence-corrected chi connectivity index (χ1v) is 15.3. The van der Waals surface area contributed by atoms with Crippen LogP contribution in [0.5, 0.6) is 0 Å². The second-order valence-corrected chi connectivity index (χ2v) is 12.5. The van der Waals surface area contributed by atoms with E-state index < -0.39 is 0 Å². The standard InChI is InChI=1S/C38H22S2/c1-2-12-24-23(10-1)11-9-18-26(24)37-27-14-3-5-16-29(27)38(30-17-6-4-15-28(30)37)33-22-39-35-21-36-31(20-32(33)35)25-13-7-8-19-34(25)40-36/h1-22H. The van der Waals surface area contributed by atoms with E-state index in [9.17, 15) is 0 Å². The van der Waals surface area contributed by atoms with Crippen LogP contribution in [0.2, 0.25) is 0 Å². The van der Waals surface area contributed by atoms with E-state index in [-0.39, 0.29) is 0 Å². The monoisotopic (exact) mass is 542 g/mol. The Labute approximate surface area is 239 Å². The van der Waals surface area contributed by atoms with E-state index in [1.807, 2.05) is 22.7 Å². The third-order valence-corrected chi connectivity index (χ3v) is 10.4. The zero-order valence-electron chi connectivity index (χ0n) is 21.5. The first kappa shape index (κ1) is 22.3. The quantitative estimate of drug-likeness (QED) is 0.191. The van der Waals surface area contributed by atoms with Crippen molar-refractivity contribution in [2.75, 3.05) is 0 Å². The number of hydrogen-bond donors (Lipinski definition) is 0. The summed E-state index contributed by atoms with van der Waals surface area (Å²) in [6, 6.07) is 47.0. The third-order valence-electron chi connectivity index (χ3n) is 8.33. The van der Waals surface area contributed by atoms with Crippen molar-refractivity contribution in [2.24, 2.45) is 0 Å². The van der Waals surface area contributed by atoms with Crippen molar-refractivity contribution in [1.29, 1.82) is 0 Å². The molecule has 186 valence electrons. The molecule has 2 aromatic heterocycles. The largest absolute Gasteiger partial charge is 0.143 e. The molecule has 0 nitrogen and oxygen atoms in total. The van der Waals surface area contributed by atoms with Crippen molar-refractivity contribution < 1.29 is 0 Å². The maximum absolute atomic E-state index is 2.44. The van der Waals surface area contributed by atoms with Crippen molar-refractivity contribution in [3.63, 3.8) is 0 Å². The maximum atomic E-state index is 2.44. The Hall–Kier alpha value is -4.50. The average Bonchev–Trinajstić information content (AvgIpc) is 3.59. The fourth-order valence-electron chi connectivity index (χ4n) is 6.59. The van der Waals surface area contributed by atoms with E-state index in [4.69, 9.17) is 0 Å². The number of hydrogen-bond acceptors (Lipinski definition) is 2. The van der Waals surface area contributed by atoms with Crippen LogP contribution < -0.4 is 0 Å². The van der Waals surface area contributed by atoms with Crippen LogP contribution in [0, 0.1) is 0 Å². The van der Waals surface area contributed by atoms with Gasteiger partial charge in [0.05, 0.1) is 0 Å². The van der Waals surface area contributed by atoms with Crippen LogP contribution in [-0.4, -0.2) is 0 Å². The van der Waals surface area contributed by atoms with E-state index in [1.54, 1.807) is 0 Å². The summed E-state index contributed by atoms with van der Waals surface area (Å²) in [6.07, 6.45) is 0. The topological polar surface area (TPSA) is 0 Å². The molecule has 0 saturated heterocycles. The molecule has 0 aliphatic carbocycles. The van der Waals surface area contributed by atoms with Gasteiger partial charge in [-0.1, -0.05) is 109 Å². The van der Waals surface area contributed by atoms with Gasteiger partial charge in [-0.25, -0.2) is 0 Å². The molecule has 2 heteroatoms. The molecule has 0 aliphatic heterocycles. The molecular weight excluding hydrogens is 521 g/mol. The van der Waals surface area contributed by atoms with E-state index in [0.717, 1.165) is 0 Å². The Morgan fingerprint density at radius 3 is 1.65 bits per heavy atom. The summed E-state index contributed by atoms with van der Waals surface area (Å²) in [5.74, 6) is 0. The summed E-state index contributed by atoms with van der Waals surface area (Å²) in [6.45, 7) is 0. The Bertz CT molecular complexity index is 2370. The minimum Gasteiger partial charge on any atom is -0.143 e. The molecule has 9 aromatic rings. The maximum Gasteiger partial charge on any atom is 0.0369 e. The molecule has 0 amide bonds. The van der Waals surface area contributed by atoms with Gasteiger partial charge in [-0.15, -0.1) is 22.7 Å². The Balaban J connectivity index is 1.43. The van der Waals surface area contributed by atoms with Gasteiger partial charge in [-0.2, -0.15) is 0 Å². The summed E-state index contributed by atoms with van der Waals surface area (Å²) in [7, 11) is 0. The van der Waals surface area contributed by atoms with Gasteiger partial charge < -0.3 is 0 Å². The molecule has 0 saturated carbocycles. The lowest BCUT2D eigenvalue weighted by Crippen LogP contribution is -1.91. The van der Waals surface area contributed by atoms with Gasteiger partial charge in [0.1, 0.15) is 0 Å². The first-order chi connectivity index (χ1) is 19.8. The molecule has 2 heterocycles. The fourth-order valence-corrected chi connectivity index (χ4v) is 8.77. The highest BCUT2D eigenvalue weighted by Gasteiger charge is 2.20. The Morgan fingerprint density at radius 2 is 0.925 bits per heavy atom. The molecule has 7 aromatic carbocycles. The van der Waals surface area contributed by atoms with E-state index in [1.165, 1.54) is 84.8 Å². The van der Waals surface area contributed by atoms with Crippen molar-refractivity contribution >= 4 is 85.2 Å².